The number of fused-ring (bicyclic) bond motifs is 1. The fourth-order valence-electron chi connectivity index (χ4n) is 3.70. The molecule has 1 saturated heterocycles. The predicted octanol–water partition coefficient (Wildman–Crippen LogP) is 2.01. The van der Waals surface area contributed by atoms with Gasteiger partial charge in [0.15, 0.2) is 5.96 Å². The van der Waals surface area contributed by atoms with Gasteiger partial charge < -0.3 is 20.7 Å². The number of aliphatic imine (C=N–C) groups is 1. The Kier molecular flexibility index (Phi) is 8.51. The molecule has 7 nitrogen and oxygen atoms in total. The summed E-state index contributed by atoms with van der Waals surface area (Å²) in [5.74, 6) is 0.970. The zero-order valence-corrected chi connectivity index (χ0v) is 19.3. The highest BCUT2D eigenvalue weighted by Gasteiger charge is 2.29. The molecule has 0 saturated carbocycles. The van der Waals surface area contributed by atoms with Crippen molar-refractivity contribution in [1.29, 1.82) is 0 Å². The zero-order valence-electron chi connectivity index (χ0n) is 17.0. The number of ether oxygens (including phenoxy) is 1. The van der Waals surface area contributed by atoms with E-state index < -0.39 is 0 Å². The monoisotopic (exact) mass is 501 g/mol. The number of nitrogens with one attached hydrogen (secondary N) is 3. The Balaban J connectivity index is 0.00000280. The number of carbonyl (C=O) groups is 1. The number of guanidine groups is 1. The summed E-state index contributed by atoms with van der Waals surface area (Å²) in [4.78, 5) is 18.8. The highest BCUT2D eigenvalue weighted by atomic mass is 127. The fourth-order valence-corrected chi connectivity index (χ4v) is 3.70. The average Bonchev–Trinajstić information content (AvgIpc) is 2.68. The second-order valence-corrected chi connectivity index (χ2v) is 7.75. The molecule has 28 heavy (non-hydrogen) atoms. The first kappa shape index (κ1) is 22.9. The van der Waals surface area contributed by atoms with Crippen molar-refractivity contribution in [3.63, 3.8) is 0 Å². The van der Waals surface area contributed by atoms with Gasteiger partial charge in [-0.05, 0) is 25.5 Å². The molecule has 0 spiro atoms. The Labute approximate surface area is 184 Å². The van der Waals surface area contributed by atoms with E-state index in [0.29, 0.717) is 13.0 Å². The second-order valence-electron chi connectivity index (χ2n) is 7.75. The minimum atomic E-state index is 0. The molecule has 3 N–H and O–H groups in total. The Bertz CT molecular complexity index is 689. The molecule has 0 bridgehead atoms. The van der Waals surface area contributed by atoms with Crippen molar-refractivity contribution in [3.8, 4) is 0 Å². The van der Waals surface area contributed by atoms with Crippen LogP contribution in [0.15, 0.2) is 29.3 Å². The third kappa shape index (κ3) is 5.81. The van der Waals surface area contributed by atoms with Gasteiger partial charge in [0.2, 0.25) is 5.91 Å². The molecule has 2 aliphatic rings. The van der Waals surface area contributed by atoms with Crippen LogP contribution in [0, 0.1) is 0 Å². The number of anilines is 1. The van der Waals surface area contributed by atoms with Gasteiger partial charge in [-0.25, -0.2) is 0 Å². The summed E-state index contributed by atoms with van der Waals surface area (Å²) in [7, 11) is 1.78. The van der Waals surface area contributed by atoms with Crippen molar-refractivity contribution in [1.82, 2.24) is 15.5 Å². The number of benzene rings is 1. The Morgan fingerprint density at radius 3 is 2.71 bits per heavy atom. The molecular formula is C20H32IN5O2. The van der Waals surface area contributed by atoms with E-state index >= 15 is 0 Å². The van der Waals surface area contributed by atoms with Crippen molar-refractivity contribution in [2.75, 3.05) is 51.8 Å². The van der Waals surface area contributed by atoms with E-state index in [1.807, 2.05) is 18.2 Å². The van der Waals surface area contributed by atoms with Crippen LogP contribution >= 0.6 is 24.0 Å². The van der Waals surface area contributed by atoms with E-state index in [0.717, 1.165) is 44.5 Å². The van der Waals surface area contributed by atoms with Crippen LogP contribution in [-0.2, 0) is 9.53 Å². The molecule has 1 unspecified atom stereocenters. The van der Waals surface area contributed by atoms with Crippen LogP contribution in [0.5, 0.6) is 0 Å². The SMILES string of the molecule is CN=C(NCC1CC(=O)Nc2ccccc21)NCC(C)(C)N1CCOCC1.I. The maximum atomic E-state index is 12.0. The number of carbonyl (C=O) groups excluding carboxylic acids is 1. The maximum absolute atomic E-state index is 12.0. The van der Waals surface area contributed by atoms with Crippen LogP contribution in [-0.4, -0.2) is 68.7 Å². The summed E-state index contributed by atoms with van der Waals surface area (Å²) in [6.45, 7) is 9.42. The van der Waals surface area contributed by atoms with Crippen molar-refractivity contribution < 1.29 is 9.53 Å². The lowest BCUT2D eigenvalue weighted by Gasteiger charge is -2.41. The lowest BCUT2D eigenvalue weighted by Crippen LogP contribution is -2.56. The van der Waals surface area contributed by atoms with Gasteiger partial charge in [0, 0.05) is 56.8 Å². The van der Waals surface area contributed by atoms with Gasteiger partial charge in [0.25, 0.3) is 0 Å². The van der Waals surface area contributed by atoms with Crippen LogP contribution in [0.1, 0.15) is 31.7 Å². The number of morpholine rings is 1. The number of hydrogen-bond acceptors (Lipinski definition) is 4. The van der Waals surface area contributed by atoms with E-state index in [-0.39, 0.29) is 41.3 Å². The molecule has 2 heterocycles. The van der Waals surface area contributed by atoms with Gasteiger partial charge in [0.1, 0.15) is 0 Å². The van der Waals surface area contributed by atoms with E-state index in [1.54, 1.807) is 7.05 Å². The smallest absolute Gasteiger partial charge is 0.225 e. The molecule has 0 aromatic heterocycles. The first-order valence-electron chi connectivity index (χ1n) is 9.66. The number of para-hydroxylation sites is 1. The summed E-state index contributed by atoms with van der Waals surface area (Å²) in [5.41, 5.74) is 2.10. The molecule has 8 heteroatoms. The lowest BCUT2D eigenvalue weighted by atomic mass is 9.90. The summed E-state index contributed by atoms with van der Waals surface area (Å²) in [6, 6.07) is 8.00. The van der Waals surface area contributed by atoms with Gasteiger partial charge in [-0.2, -0.15) is 0 Å². The number of rotatable bonds is 5. The first-order valence-corrected chi connectivity index (χ1v) is 9.66. The average molecular weight is 501 g/mol. The van der Waals surface area contributed by atoms with Gasteiger partial charge in [-0.3, -0.25) is 14.7 Å². The highest BCUT2D eigenvalue weighted by Crippen LogP contribution is 2.31. The summed E-state index contributed by atoms with van der Waals surface area (Å²) in [6.07, 6.45) is 0.486. The lowest BCUT2D eigenvalue weighted by molar-refractivity contribution is -0.116. The molecule has 3 rings (SSSR count). The van der Waals surface area contributed by atoms with Crippen LogP contribution in [0.4, 0.5) is 5.69 Å². The number of nitrogens with zero attached hydrogens (tertiary/aromatic N) is 2. The first-order chi connectivity index (χ1) is 13.0. The van der Waals surface area contributed by atoms with Crippen LogP contribution in [0.25, 0.3) is 0 Å². The highest BCUT2D eigenvalue weighted by molar-refractivity contribution is 14.0. The van der Waals surface area contributed by atoms with Crippen molar-refractivity contribution in [2.45, 2.75) is 31.7 Å². The molecule has 156 valence electrons. The Morgan fingerprint density at radius 1 is 1.29 bits per heavy atom. The number of hydrogen-bond donors (Lipinski definition) is 3. The standard InChI is InChI=1S/C20H31N5O2.HI/c1-20(2,25-8-10-27-11-9-25)14-23-19(21-3)22-13-15-12-18(26)24-17-7-5-4-6-16(15)17;/h4-7,15H,8-14H2,1-3H3,(H,24,26)(H2,21,22,23);1H. The zero-order chi connectivity index (χ0) is 19.3. The molecule has 1 aromatic rings. The largest absolute Gasteiger partial charge is 0.379 e. The minimum absolute atomic E-state index is 0. The van der Waals surface area contributed by atoms with Crippen LogP contribution < -0.4 is 16.0 Å². The fraction of sp³-hybridized carbons (Fsp3) is 0.600. The van der Waals surface area contributed by atoms with Gasteiger partial charge in [0.05, 0.1) is 13.2 Å². The van der Waals surface area contributed by atoms with E-state index in [4.69, 9.17) is 4.74 Å². The van der Waals surface area contributed by atoms with Crippen molar-refractivity contribution in [2.24, 2.45) is 4.99 Å². The van der Waals surface area contributed by atoms with E-state index in [2.05, 4.69) is 45.8 Å². The molecule has 1 fully saturated rings. The van der Waals surface area contributed by atoms with Crippen molar-refractivity contribution in [3.05, 3.63) is 29.8 Å². The quantitative estimate of drug-likeness (QED) is 0.327. The predicted molar refractivity (Wildman–Crippen MR) is 124 cm³/mol. The van der Waals surface area contributed by atoms with Gasteiger partial charge >= 0.3 is 0 Å². The molecule has 1 amide bonds. The van der Waals surface area contributed by atoms with E-state index in [9.17, 15) is 4.79 Å². The van der Waals surface area contributed by atoms with Crippen molar-refractivity contribution >= 4 is 41.5 Å². The number of amides is 1. The van der Waals surface area contributed by atoms with Gasteiger partial charge in [-0.15, -0.1) is 24.0 Å². The third-order valence-electron chi connectivity index (χ3n) is 5.40. The van der Waals surface area contributed by atoms with Gasteiger partial charge in [-0.1, -0.05) is 18.2 Å². The molecule has 0 radical (unpaired) electrons. The molecular weight excluding hydrogens is 469 g/mol. The maximum Gasteiger partial charge on any atom is 0.225 e. The Morgan fingerprint density at radius 2 is 2.00 bits per heavy atom. The molecule has 1 atom stereocenters. The Hall–Kier alpha value is -1.39. The molecule has 0 aliphatic carbocycles. The van der Waals surface area contributed by atoms with Crippen LogP contribution in [0.2, 0.25) is 0 Å². The van der Waals surface area contributed by atoms with Crippen LogP contribution in [0.3, 0.4) is 0 Å². The summed E-state index contributed by atoms with van der Waals surface area (Å²) >= 11 is 0. The topological polar surface area (TPSA) is 78.0 Å². The summed E-state index contributed by atoms with van der Waals surface area (Å²) in [5, 5.41) is 9.77. The number of halogens is 1. The third-order valence-corrected chi connectivity index (χ3v) is 5.40. The second kappa shape index (κ2) is 10.4. The summed E-state index contributed by atoms with van der Waals surface area (Å²) < 4.78 is 5.45. The molecule has 2 aliphatic heterocycles. The van der Waals surface area contributed by atoms with E-state index in [1.165, 1.54) is 5.56 Å². The minimum Gasteiger partial charge on any atom is -0.379 e. The normalized spacial score (nSPS) is 20.6. The molecule has 1 aromatic carbocycles.